The number of rotatable bonds is 6. The number of H-pyrrole nitrogens is 1. The smallest absolute Gasteiger partial charge is 0.347 e. The van der Waals surface area contributed by atoms with Crippen LogP contribution in [0.5, 0.6) is 11.5 Å². The van der Waals surface area contributed by atoms with E-state index >= 15 is 0 Å². The van der Waals surface area contributed by atoms with Gasteiger partial charge in [-0.2, -0.15) is 4.98 Å². The summed E-state index contributed by atoms with van der Waals surface area (Å²) < 4.78 is 15.9. The van der Waals surface area contributed by atoms with Gasteiger partial charge in [-0.1, -0.05) is 25.9 Å². The van der Waals surface area contributed by atoms with E-state index < -0.39 is 11.7 Å². The molecule has 4 rings (SSSR count). The number of carbonyl (C=O) groups excluding carboxylic acids is 1. The van der Waals surface area contributed by atoms with Crippen molar-refractivity contribution in [2.45, 2.75) is 26.2 Å². The van der Waals surface area contributed by atoms with Crippen LogP contribution in [0.15, 0.2) is 51.8 Å². The zero-order valence-electron chi connectivity index (χ0n) is 20.0. The van der Waals surface area contributed by atoms with Crippen molar-refractivity contribution < 1.29 is 18.8 Å². The molecule has 4 N–H and O–H groups in total. The maximum Gasteiger partial charge on any atom is 0.347 e. The fraction of sp³-hybridized carbons (Fsp3) is 0.250. The molecule has 0 atom stereocenters. The first kappa shape index (κ1) is 23.6. The molecule has 0 aliphatic rings. The number of urea groups is 1. The molecule has 2 aromatic heterocycles. The first-order chi connectivity index (χ1) is 16.7. The maximum atomic E-state index is 12.3. The van der Waals surface area contributed by atoms with Gasteiger partial charge in [0.05, 0.1) is 19.7 Å². The minimum Gasteiger partial charge on any atom is -0.493 e. The molecule has 0 aliphatic carbocycles. The van der Waals surface area contributed by atoms with Crippen molar-refractivity contribution in [1.82, 2.24) is 15.1 Å². The molecule has 0 fully saturated rings. The van der Waals surface area contributed by atoms with Crippen molar-refractivity contribution in [2.75, 3.05) is 30.2 Å². The molecule has 0 spiro atoms. The van der Waals surface area contributed by atoms with E-state index in [0.29, 0.717) is 51.2 Å². The molecule has 0 saturated heterocycles. The molecule has 4 aromatic rings. The fourth-order valence-electron chi connectivity index (χ4n) is 3.32. The van der Waals surface area contributed by atoms with E-state index in [1.54, 1.807) is 42.5 Å². The first-order valence-electron chi connectivity index (χ1n) is 10.7. The number of methoxy groups -OCH3 is 2. The number of hydrogen-bond acceptors (Lipinski definition) is 8. The summed E-state index contributed by atoms with van der Waals surface area (Å²) in [5, 5.41) is 13.0. The van der Waals surface area contributed by atoms with Crippen LogP contribution in [0.2, 0.25) is 0 Å². The number of amides is 2. The number of nitrogens with one attached hydrogen (secondary N) is 4. The van der Waals surface area contributed by atoms with Crippen molar-refractivity contribution >= 4 is 39.9 Å². The Bertz CT molecular complexity index is 1420. The minimum atomic E-state index is -0.510. The number of aromatic nitrogens is 3. The van der Waals surface area contributed by atoms with Crippen LogP contribution in [0.3, 0.4) is 0 Å². The third-order valence-corrected chi connectivity index (χ3v) is 5.13. The van der Waals surface area contributed by atoms with Crippen LogP contribution in [0.4, 0.5) is 27.8 Å². The number of ether oxygens (including phenoxy) is 2. The van der Waals surface area contributed by atoms with Crippen LogP contribution in [0.1, 0.15) is 26.5 Å². The van der Waals surface area contributed by atoms with Gasteiger partial charge in [0.2, 0.25) is 0 Å². The second-order valence-electron chi connectivity index (χ2n) is 8.75. The van der Waals surface area contributed by atoms with Gasteiger partial charge in [-0.05, 0) is 30.3 Å². The summed E-state index contributed by atoms with van der Waals surface area (Å²) in [7, 11) is 3.05. The normalized spacial score (nSPS) is 11.2. The Morgan fingerprint density at radius 3 is 2.26 bits per heavy atom. The van der Waals surface area contributed by atoms with Gasteiger partial charge >= 0.3 is 11.7 Å². The Labute approximate surface area is 200 Å². The lowest BCUT2D eigenvalue weighted by molar-refractivity contribution is 0.262. The third-order valence-electron chi connectivity index (χ3n) is 5.13. The Morgan fingerprint density at radius 1 is 0.971 bits per heavy atom. The molecule has 2 heterocycles. The van der Waals surface area contributed by atoms with Crippen molar-refractivity contribution in [3.05, 3.63) is 58.7 Å². The Kier molecular flexibility index (Phi) is 6.32. The highest BCUT2D eigenvalue weighted by Crippen LogP contribution is 2.34. The predicted octanol–water partition coefficient (Wildman–Crippen LogP) is 4.61. The second-order valence-corrected chi connectivity index (χ2v) is 8.75. The number of fused-ring (bicyclic) bond motifs is 1. The lowest BCUT2D eigenvalue weighted by atomic mass is 9.93. The number of aromatic amines is 1. The highest BCUT2D eigenvalue weighted by atomic mass is 16.5. The van der Waals surface area contributed by atoms with E-state index in [2.05, 4.69) is 31.1 Å². The van der Waals surface area contributed by atoms with Gasteiger partial charge in [0.15, 0.2) is 17.3 Å². The van der Waals surface area contributed by atoms with Crippen LogP contribution in [-0.4, -0.2) is 35.4 Å². The van der Waals surface area contributed by atoms with Crippen molar-refractivity contribution in [2.24, 2.45) is 0 Å². The van der Waals surface area contributed by atoms with E-state index in [1.165, 1.54) is 14.2 Å². The molecule has 35 heavy (non-hydrogen) atoms. The van der Waals surface area contributed by atoms with E-state index in [4.69, 9.17) is 14.0 Å². The zero-order chi connectivity index (χ0) is 25.2. The van der Waals surface area contributed by atoms with E-state index in [-0.39, 0.29) is 5.41 Å². The molecular weight excluding hydrogens is 452 g/mol. The van der Waals surface area contributed by atoms with Crippen molar-refractivity contribution in [1.29, 1.82) is 0 Å². The number of anilines is 4. The Morgan fingerprint density at radius 2 is 1.63 bits per heavy atom. The average Bonchev–Trinajstić information content (AvgIpc) is 3.28. The predicted molar refractivity (Wildman–Crippen MR) is 133 cm³/mol. The SMILES string of the molecule is COc1cc2[nH]c(=O)nc(Nc3ccc(NC(=O)Nc4cc(C(C)(C)C)on4)cc3)c2cc1OC. The lowest BCUT2D eigenvalue weighted by Gasteiger charge is -2.13. The van der Waals surface area contributed by atoms with Gasteiger partial charge in [0, 0.05) is 34.3 Å². The summed E-state index contributed by atoms with van der Waals surface area (Å²) in [5.74, 6) is 2.33. The standard InChI is InChI=1S/C24H26N6O5/c1-24(2,3)19-12-20(30-35-19)28-22(31)26-14-8-6-13(7-9-14)25-21-15-10-17(33-4)18(34-5)11-16(15)27-23(32)29-21/h6-12H,1-5H3,(H2,25,27,29,32)(H2,26,28,30,31). The molecule has 0 unspecified atom stereocenters. The first-order valence-corrected chi connectivity index (χ1v) is 10.7. The summed E-state index contributed by atoms with van der Waals surface area (Å²) in [6, 6.07) is 11.6. The van der Waals surface area contributed by atoms with Crippen LogP contribution in [0, 0.1) is 0 Å². The molecular formula is C24H26N6O5. The van der Waals surface area contributed by atoms with Gasteiger partial charge in [0.25, 0.3) is 0 Å². The largest absolute Gasteiger partial charge is 0.493 e. The van der Waals surface area contributed by atoms with Crippen LogP contribution < -0.4 is 31.1 Å². The van der Waals surface area contributed by atoms with Crippen molar-refractivity contribution in [3.8, 4) is 11.5 Å². The van der Waals surface area contributed by atoms with Crippen LogP contribution >= 0.6 is 0 Å². The highest BCUT2D eigenvalue weighted by molar-refractivity contribution is 5.99. The molecule has 0 radical (unpaired) electrons. The Balaban J connectivity index is 1.48. The van der Waals surface area contributed by atoms with Gasteiger partial charge in [-0.25, -0.2) is 9.59 Å². The molecule has 11 nitrogen and oxygen atoms in total. The molecule has 0 bridgehead atoms. The minimum absolute atomic E-state index is 0.215. The molecule has 2 aromatic carbocycles. The highest BCUT2D eigenvalue weighted by Gasteiger charge is 2.20. The summed E-state index contributed by atoms with van der Waals surface area (Å²) >= 11 is 0. The average molecular weight is 479 g/mol. The monoisotopic (exact) mass is 478 g/mol. The zero-order valence-corrected chi connectivity index (χ0v) is 20.0. The number of carbonyl (C=O) groups is 1. The number of hydrogen-bond donors (Lipinski definition) is 4. The maximum absolute atomic E-state index is 12.3. The molecule has 0 aliphatic heterocycles. The third kappa shape index (κ3) is 5.35. The van der Waals surface area contributed by atoms with E-state index in [9.17, 15) is 9.59 Å². The summed E-state index contributed by atoms with van der Waals surface area (Å²) in [6.07, 6.45) is 0. The van der Waals surface area contributed by atoms with E-state index in [0.717, 1.165) is 0 Å². The number of nitrogens with zero attached hydrogens (tertiary/aromatic N) is 2. The Hall–Kier alpha value is -4.54. The molecule has 11 heteroatoms. The van der Waals surface area contributed by atoms with Crippen LogP contribution in [-0.2, 0) is 5.41 Å². The quantitative estimate of drug-likeness (QED) is 0.314. The second kappa shape index (κ2) is 9.37. The van der Waals surface area contributed by atoms with Gasteiger partial charge in [-0.15, -0.1) is 0 Å². The van der Waals surface area contributed by atoms with Crippen LogP contribution in [0.25, 0.3) is 10.9 Å². The van der Waals surface area contributed by atoms with Gasteiger partial charge in [-0.3, -0.25) is 5.32 Å². The van der Waals surface area contributed by atoms with Crippen molar-refractivity contribution in [3.63, 3.8) is 0 Å². The van der Waals surface area contributed by atoms with Gasteiger partial charge < -0.3 is 29.6 Å². The number of benzene rings is 2. The summed E-state index contributed by atoms with van der Waals surface area (Å²) in [6.45, 7) is 5.97. The van der Waals surface area contributed by atoms with Gasteiger partial charge in [0.1, 0.15) is 11.6 Å². The fourth-order valence-corrected chi connectivity index (χ4v) is 3.32. The molecule has 0 saturated carbocycles. The van der Waals surface area contributed by atoms with E-state index in [1.807, 2.05) is 20.8 Å². The molecule has 182 valence electrons. The molecule has 2 amide bonds. The topological polar surface area (TPSA) is 143 Å². The summed E-state index contributed by atoms with van der Waals surface area (Å²) in [5.41, 5.74) is 1.04. The lowest BCUT2D eigenvalue weighted by Crippen LogP contribution is -2.19. The summed E-state index contributed by atoms with van der Waals surface area (Å²) in [4.78, 5) is 31.2.